The van der Waals surface area contributed by atoms with Gasteiger partial charge in [0, 0.05) is 23.4 Å². The number of aromatic amines is 1. The zero-order valence-corrected chi connectivity index (χ0v) is 19.2. The Kier molecular flexibility index (Phi) is 5.49. The van der Waals surface area contributed by atoms with Gasteiger partial charge in [-0.1, -0.05) is 24.3 Å². The van der Waals surface area contributed by atoms with Gasteiger partial charge in [0.2, 0.25) is 0 Å². The fourth-order valence-corrected chi connectivity index (χ4v) is 5.09. The smallest absolute Gasteiger partial charge is 0.139 e. The van der Waals surface area contributed by atoms with Crippen molar-refractivity contribution in [2.45, 2.75) is 27.2 Å². The Labute approximate surface area is 190 Å². The van der Waals surface area contributed by atoms with Crippen LogP contribution in [0.15, 0.2) is 48.5 Å². The first-order chi connectivity index (χ1) is 15.6. The molecular weight excluding hydrogens is 418 g/mol. The minimum absolute atomic E-state index is 0.659. The predicted molar refractivity (Wildman–Crippen MR) is 132 cm³/mol. The number of nitrogens with zero attached hydrogens (tertiary/aromatic N) is 3. The van der Waals surface area contributed by atoms with E-state index in [0.717, 1.165) is 63.0 Å². The number of thiophene rings is 1. The van der Waals surface area contributed by atoms with Gasteiger partial charge in [-0.3, -0.25) is 0 Å². The van der Waals surface area contributed by atoms with Crippen LogP contribution in [0.2, 0.25) is 0 Å². The van der Waals surface area contributed by atoms with Gasteiger partial charge in [-0.15, -0.1) is 11.3 Å². The van der Waals surface area contributed by atoms with Gasteiger partial charge in [-0.25, -0.2) is 15.0 Å². The van der Waals surface area contributed by atoms with Crippen molar-refractivity contribution in [2.24, 2.45) is 0 Å². The quantitative estimate of drug-likeness (QED) is 0.327. The first kappa shape index (κ1) is 20.5. The average Bonchev–Trinajstić information content (AvgIpc) is 3.34. The van der Waals surface area contributed by atoms with Gasteiger partial charge >= 0.3 is 0 Å². The number of aryl methyl sites for hydroxylation is 2. The van der Waals surface area contributed by atoms with Crippen LogP contribution >= 0.6 is 11.3 Å². The van der Waals surface area contributed by atoms with Crippen LogP contribution in [0.25, 0.3) is 32.4 Å². The maximum absolute atomic E-state index is 5.61. The predicted octanol–water partition coefficient (Wildman–Crippen LogP) is 5.90. The highest BCUT2D eigenvalue weighted by Gasteiger charge is 2.18. The summed E-state index contributed by atoms with van der Waals surface area (Å²) in [6.07, 6.45) is 0.779. The molecule has 0 aliphatic rings. The second-order valence-electron chi connectivity index (χ2n) is 7.67. The van der Waals surface area contributed by atoms with Crippen LogP contribution in [0.1, 0.15) is 23.4 Å². The summed E-state index contributed by atoms with van der Waals surface area (Å²) in [7, 11) is 0. The number of H-pyrrole nitrogens is 1. The molecule has 0 radical (unpaired) electrons. The summed E-state index contributed by atoms with van der Waals surface area (Å²) < 4.78 is 5.61. The minimum atomic E-state index is 0.659. The van der Waals surface area contributed by atoms with Crippen molar-refractivity contribution in [1.82, 2.24) is 19.9 Å². The van der Waals surface area contributed by atoms with E-state index in [9.17, 15) is 0 Å². The molecule has 0 atom stereocenters. The standard InChI is InChI=1S/C25H25N5OS/c1-4-31-18-11-9-17(10-12-18)22-15(2)32-25-23(22)24(27-16(3)28-25)26-14-13-21-29-19-7-5-6-8-20(19)30-21/h5-12H,4,13-14H2,1-3H3,(H,29,30)(H,26,27,28). The fourth-order valence-electron chi connectivity index (χ4n) is 4.00. The molecular formula is C25H25N5OS. The van der Waals surface area contributed by atoms with Crippen LogP contribution in [0, 0.1) is 13.8 Å². The number of aromatic nitrogens is 4. The highest BCUT2D eigenvalue weighted by atomic mass is 32.1. The molecule has 0 spiro atoms. The molecule has 2 aromatic carbocycles. The number of hydrogen-bond donors (Lipinski definition) is 2. The van der Waals surface area contributed by atoms with Gasteiger partial charge in [0.25, 0.3) is 0 Å². The number of nitrogens with one attached hydrogen (secondary N) is 2. The molecule has 7 heteroatoms. The van der Waals surface area contributed by atoms with E-state index in [0.29, 0.717) is 6.61 Å². The Bertz CT molecular complexity index is 1350. The molecule has 0 saturated carbocycles. The van der Waals surface area contributed by atoms with Crippen molar-refractivity contribution < 1.29 is 4.74 Å². The van der Waals surface area contributed by atoms with Crippen molar-refractivity contribution in [2.75, 3.05) is 18.5 Å². The Morgan fingerprint density at radius 3 is 2.59 bits per heavy atom. The second kappa shape index (κ2) is 8.59. The van der Waals surface area contributed by atoms with E-state index in [4.69, 9.17) is 14.7 Å². The van der Waals surface area contributed by atoms with E-state index in [1.165, 1.54) is 10.4 Å². The zero-order chi connectivity index (χ0) is 22.1. The van der Waals surface area contributed by atoms with E-state index in [-0.39, 0.29) is 0 Å². The number of fused-ring (bicyclic) bond motifs is 2. The summed E-state index contributed by atoms with van der Waals surface area (Å²) in [5, 5.41) is 4.62. The number of hydrogen-bond acceptors (Lipinski definition) is 6. The first-order valence-corrected chi connectivity index (χ1v) is 11.6. The highest BCUT2D eigenvalue weighted by Crippen LogP contribution is 2.41. The van der Waals surface area contributed by atoms with Crippen LogP contribution in [0.4, 0.5) is 5.82 Å². The average molecular weight is 444 g/mol. The van der Waals surface area contributed by atoms with Crippen LogP contribution in [-0.4, -0.2) is 33.1 Å². The Morgan fingerprint density at radius 2 is 1.81 bits per heavy atom. The molecule has 0 amide bonds. The molecule has 0 saturated heterocycles. The summed E-state index contributed by atoms with van der Waals surface area (Å²) in [4.78, 5) is 19.8. The Balaban J connectivity index is 1.45. The molecule has 6 nitrogen and oxygen atoms in total. The van der Waals surface area contributed by atoms with Crippen molar-refractivity contribution in [1.29, 1.82) is 0 Å². The monoisotopic (exact) mass is 443 g/mol. The Hall–Kier alpha value is -3.45. The zero-order valence-electron chi connectivity index (χ0n) is 18.4. The van der Waals surface area contributed by atoms with Crippen molar-refractivity contribution in [3.8, 4) is 16.9 Å². The van der Waals surface area contributed by atoms with Crippen molar-refractivity contribution >= 4 is 38.4 Å². The summed E-state index contributed by atoms with van der Waals surface area (Å²) in [5.74, 6) is 3.48. The van der Waals surface area contributed by atoms with E-state index >= 15 is 0 Å². The van der Waals surface area contributed by atoms with E-state index in [2.05, 4.69) is 34.3 Å². The number of benzene rings is 2. The van der Waals surface area contributed by atoms with Gasteiger partial charge in [0.05, 0.1) is 23.0 Å². The molecule has 5 rings (SSSR count). The van der Waals surface area contributed by atoms with Gasteiger partial charge in [0.1, 0.15) is 28.0 Å². The minimum Gasteiger partial charge on any atom is -0.494 e. The molecule has 0 aliphatic heterocycles. The molecule has 2 N–H and O–H groups in total. The molecule has 5 aromatic rings. The lowest BCUT2D eigenvalue weighted by Crippen LogP contribution is -2.08. The lowest BCUT2D eigenvalue weighted by molar-refractivity contribution is 0.340. The third-order valence-corrected chi connectivity index (χ3v) is 6.39. The number of para-hydroxylation sites is 2. The molecule has 32 heavy (non-hydrogen) atoms. The number of ether oxygens (including phenoxy) is 1. The van der Waals surface area contributed by atoms with Gasteiger partial charge in [0.15, 0.2) is 0 Å². The molecule has 3 aromatic heterocycles. The molecule has 3 heterocycles. The van der Waals surface area contributed by atoms with Crippen LogP contribution in [0.5, 0.6) is 5.75 Å². The SMILES string of the molecule is CCOc1ccc(-c2c(C)sc3nc(C)nc(NCCc4nc5ccccc5[nH]4)c23)cc1. The summed E-state index contributed by atoms with van der Waals surface area (Å²) in [6.45, 7) is 7.46. The van der Waals surface area contributed by atoms with E-state index in [1.54, 1.807) is 11.3 Å². The van der Waals surface area contributed by atoms with Crippen LogP contribution < -0.4 is 10.1 Å². The molecule has 0 fully saturated rings. The second-order valence-corrected chi connectivity index (χ2v) is 8.87. The van der Waals surface area contributed by atoms with Crippen molar-refractivity contribution in [3.63, 3.8) is 0 Å². The molecule has 0 bridgehead atoms. The van der Waals surface area contributed by atoms with E-state index < -0.39 is 0 Å². The third kappa shape index (κ3) is 3.91. The van der Waals surface area contributed by atoms with Gasteiger partial charge in [-0.2, -0.15) is 0 Å². The lowest BCUT2D eigenvalue weighted by atomic mass is 10.0. The first-order valence-electron chi connectivity index (χ1n) is 10.8. The van der Waals surface area contributed by atoms with Crippen molar-refractivity contribution in [3.05, 3.63) is 65.1 Å². The molecule has 0 unspecified atom stereocenters. The van der Waals surface area contributed by atoms with Crippen LogP contribution in [-0.2, 0) is 6.42 Å². The van der Waals surface area contributed by atoms with Gasteiger partial charge < -0.3 is 15.0 Å². The molecule has 0 aliphatic carbocycles. The largest absolute Gasteiger partial charge is 0.494 e. The third-order valence-electron chi connectivity index (χ3n) is 5.39. The fraction of sp³-hybridized carbons (Fsp3) is 0.240. The molecule has 162 valence electrons. The number of rotatable bonds is 7. The van der Waals surface area contributed by atoms with Crippen LogP contribution in [0.3, 0.4) is 0 Å². The maximum atomic E-state index is 5.61. The highest BCUT2D eigenvalue weighted by molar-refractivity contribution is 7.19. The normalized spacial score (nSPS) is 11.3. The topological polar surface area (TPSA) is 75.7 Å². The summed E-state index contributed by atoms with van der Waals surface area (Å²) >= 11 is 1.71. The lowest BCUT2D eigenvalue weighted by Gasteiger charge is -2.10. The maximum Gasteiger partial charge on any atom is 0.139 e. The van der Waals surface area contributed by atoms with E-state index in [1.807, 2.05) is 50.2 Å². The Morgan fingerprint density at radius 1 is 1.00 bits per heavy atom. The van der Waals surface area contributed by atoms with Gasteiger partial charge in [-0.05, 0) is 50.6 Å². The summed E-state index contributed by atoms with van der Waals surface area (Å²) in [6, 6.07) is 16.4. The number of anilines is 1. The summed E-state index contributed by atoms with van der Waals surface area (Å²) in [5.41, 5.74) is 4.38. The number of imidazole rings is 1.